The summed E-state index contributed by atoms with van der Waals surface area (Å²) in [5.41, 5.74) is 6.34. The van der Waals surface area contributed by atoms with Crippen LogP contribution in [0.3, 0.4) is 0 Å². The number of hydrogen-bond acceptors (Lipinski definition) is 3. The lowest BCUT2D eigenvalue weighted by atomic mass is 10.1. The van der Waals surface area contributed by atoms with Crippen molar-refractivity contribution in [2.45, 2.75) is 20.4 Å². The number of aromatic amines is 1. The summed E-state index contributed by atoms with van der Waals surface area (Å²) in [7, 11) is 0. The van der Waals surface area contributed by atoms with E-state index in [4.69, 9.17) is 5.26 Å². The van der Waals surface area contributed by atoms with Crippen LogP contribution in [0.1, 0.15) is 22.4 Å². The van der Waals surface area contributed by atoms with Gasteiger partial charge in [0.25, 0.3) is 0 Å². The summed E-state index contributed by atoms with van der Waals surface area (Å²) in [6.45, 7) is 6.86. The molecule has 5 heteroatoms. The molecule has 1 N–H and O–H groups in total. The molecule has 3 aromatic rings. The standard InChI is InChI=1S/C22H22N4O/c1-15-16(2)24-22-18(4-3-5-20(15)22)13-25-10-11-26(21(27)14-25)19-8-6-17(12-23)7-9-19/h3-9,24H,10-11,13-14H2,1-2H3. The van der Waals surface area contributed by atoms with Crippen molar-refractivity contribution in [1.29, 1.82) is 5.26 Å². The van der Waals surface area contributed by atoms with Crippen LogP contribution in [-0.2, 0) is 11.3 Å². The number of carbonyl (C=O) groups is 1. The van der Waals surface area contributed by atoms with E-state index in [-0.39, 0.29) is 5.91 Å². The Bertz CT molecular complexity index is 1040. The predicted octanol–water partition coefficient (Wildman–Crippen LogP) is 3.51. The molecule has 1 aliphatic rings. The van der Waals surface area contributed by atoms with E-state index in [1.54, 1.807) is 17.0 Å². The van der Waals surface area contributed by atoms with E-state index in [2.05, 4.69) is 48.0 Å². The number of benzene rings is 2. The summed E-state index contributed by atoms with van der Waals surface area (Å²) in [4.78, 5) is 20.2. The number of carbonyl (C=O) groups excluding carboxylic acids is 1. The molecule has 2 aromatic carbocycles. The fourth-order valence-electron chi connectivity index (χ4n) is 3.76. The number of fused-ring (bicyclic) bond motifs is 1. The molecule has 0 aliphatic carbocycles. The van der Waals surface area contributed by atoms with Crippen molar-refractivity contribution >= 4 is 22.5 Å². The number of nitriles is 1. The monoisotopic (exact) mass is 358 g/mol. The first-order valence-corrected chi connectivity index (χ1v) is 9.16. The molecule has 0 bridgehead atoms. The van der Waals surface area contributed by atoms with Gasteiger partial charge in [0.1, 0.15) is 0 Å². The maximum Gasteiger partial charge on any atom is 0.241 e. The van der Waals surface area contributed by atoms with Crippen molar-refractivity contribution in [1.82, 2.24) is 9.88 Å². The summed E-state index contributed by atoms with van der Waals surface area (Å²) in [6.07, 6.45) is 0. The van der Waals surface area contributed by atoms with Crippen LogP contribution in [0.4, 0.5) is 5.69 Å². The Morgan fingerprint density at radius 3 is 2.59 bits per heavy atom. The van der Waals surface area contributed by atoms with Crippen LogP contribution in [-0.4, -0.2) is 35.4 Å². The first kappa shape index (κ1) is 17.3. The SMILES string of the molecule is Cc1[nH]c2c(CN3CCN(c4ccc(C#N)cc4)C(=O)C3)cccc2c1C. The topological polar surface area (TPSA) is 63.1 Å². The Morgan fingerprint density at radius 1 is 1.11 bits per heavy atom. The zero-order valence-electron chi connectivity index (χ0n) is 15.6. The second-order valence-corrected chi connectivity index (χ2v) is 7.13. The van der Waals surface area contributed by atoms with Gasteiger partial charge in [-0.3, -0.25) is 9.69 Å². The average Bonchev–Trinajstić information content (AvgIpc) is 2.98. The lowest BCUT2D eigenvalue weighted by molar-refractivity contribution is -0.121. The number of amides is 1. The van der Waals surface area contributed by atoms with E-state index in [0.717, 1.165) is 18.8 Å². The molecule has 1 fully saturated rings. The molecule has 5 nitrogen and oxygen atoms in total. The highest BCUT2D eigenvalue weighted by molar-refractivity contribution is 5.95. The fourth-order valence-corrected chi connectivity index (χ4v) is 3.76. The molecule has 0 atom stereocenters. The van der Waals surface area contributed by atoms with E-state index in [0.29, 0.717) is 18.7 Å². The molecule has 1 aliphatic heterocycles. The summed E-state index contributed by atoms with van der Waals surface area (Å²) in [5.74, 6) is 0.0944. The van der Waals surface area contributed by atoms with E-state index in [9.17, 15) is 4.79 Å². The molecule has 0 unspecified atom stereocenters. The average molecular weight is 358 g/mol. The summed E-state index contributed by atoms with van der Waals surface area (Å²) in [6, 6.07) is 15.7. The van der Waals surface area contributed by atoms with Crippen molar-refractivity contribution in [3.05, 3.63) is 64.8 Å². The second kappa shape index (κ2) is 6.90. The van der Waals surface area contributed by atoms with Gasteiger partial charge in [-0.2, -0.15) is 5.26 Å². The highest BCUT2D eigenvalue weighted by Gasteiger charge is 2.25. The first-order valence-electron chi connectivity index (χ1n) is 9.16. The molecule has 2 heterocycles. The maximum atomic E-state index is 12.7. The molecule has 0 radical (unpaired) electrons. The van der Waals surface area contributed by atoms with Crippen LogP contribution in [0.2, 0.25) is 0 Å². The van der Waals surface area contributed by atoms with Crippen molar-refractivity contribution in [2.75, 3.05) is 24.5 Å². The molecule has 0 spiro atoms. The van der Waals surface area contributed by atoms with E-state index >= 15 is 0 Å². The number of hydrogen-bond donors (Lipinski definition) is 1. The molecular weight excluding hydrogens is 336 g/mol. The van der Waals surface area contributed by atoms with Crippen LogP contribution in [0.5, 0.6) is 0 Å². The normalized spacial score (nSPS) is 15.3. The Labute approximate surface area is 158 Å². The van der Waals surface area contributed by atoms with E-state index in [1.165, 1.54) is 27.7 Å². The zero-order valence-corrected chi connectivity index (χ0v) is 15.6. The molecule has 27 heavy (non-hydrogen) atoms. The largest absolute Gasteiger partial charge is 0.358 e. The van der Waals surface area contributed by atoms with Gasteiger partial charge in [0, 0.05) is 36.4 Å². The van der Waals surface area contributed by atoms with Crippen LogP contribution >= 0.6 is 0 Å². The smallest absolute Gasteiger partial charge is 0.241 e. The van der Waals surface area contributed by atoms with E-state index < -0.39 is 0 Å². The summed E-state index contributed by atoms with van der Waals surface area (Å²) in [5, 5.41) is 10.2. The molecule has 1 amide bonds. The van der Waals surface area contributed by atoms with Crippen molar-refractivity contribution in [3.63, 3.8) is 0 Å². The minimum absolute atomic E-state index is 0.0944. The van der Waals surface area contributed by atoms with Gasteiger partial charge in [-0.05, 0) is 49.2 Å². The fraction of sp³-hybridized carbons (Fsp3) is 0.273. The second-order valence-electron chi connectivity index (χ2n) is 7.13. The Balaban J connectivity index is 1.50. The van der Waals surface area contributed by atoms with Crippen molar-refractivity contribution < 1.29 is 4.79 Å². The van der Waals surface area contributed by atoms with Gasteiger partial charge in [0.05, 0.1) is 23.7 Å². The molecule has 1 aromatic heterocycles. The quantitative estimate of drug-likeness (QED) is 0.779. The van der Waals surface area contributed by atoms with E-state index in [1.807, 2.05) is 12.1 Å². The molecule has 136 valence electrons. The van der Waals surface area contributed by atoms with Crippen molar-refractivity contribution in [2.24, 2.45) is 0 Å². The Kier molecular flexibility index (Phi) is 4.43. The summed E-state index contributed by atoms with van der Waals surface area (Å²) < 4.78 is 0. The van der Waals surface area contributed by atoms with Gasteiger partial charge < -0.3 is 9.88 Å². The lowest BCUT2D eigenvalue weighted by Crippen LogP contribution is -2.50. The third-order valence-electron chi connectivity index (χ3n) is 5.43. The highest BCUT2D eigenvalue weighted by atomic mass is 16.2. The lowest BCUT2D eigenvalue weighted by Gasteiger charge is -2.34. The number of nitrogens with one attached hydrogen (secondary N) is 1. The zero-order chi connectivity index (χ0) is 19.0. The number of para-hydroxylation sites is 1. The number of piperazine rings is 1. The van der Waals surface area contributed by atoms with Gasteiger partial charge >= 0.3 is 0 Å². The molecule has 1 saturated heterocycles. The summed E-state index contributed by atoms with van der Waals surface area (Å²) >= 11 is 0. The number of H-pyrrole nitrogens is 1. The van der Waals surface area contributed by atoms with Gasteiger partial charge in [-0.25, -0.2) is 0 Å². The minimum atomic E-state index is 0.0944. The molecular formula is C22H22N4O. The highest BCUT2D eigenvalue weighted by Crippen LogP contribution is 2.26. The number of anilines is 1. The van der Waals surface area contributed by atoms with Crippen LogP contribution in [0, 0.1) is 25.2 Å². The van der Waals surface area contributed by atoms with Crippen molar-refractivity contribution in [3.8, 4) is 6.07 Å². The number of aryl methyl sites for hydroxylation is 2. The molecule has 4 rings (SSSR count). The van der Waals surface area contributed by atoms with Crippen LogP contribution in [0.25, 0.3) is 10.9 Å². The third kappa shape index (κ3) is 3.20. The Morgan fingerprint density at radius 2 is 1.89 bits per heavy atom. The Hall–Kier alpha value is -3.10. The number of aromatic nitrogens is 1. The van der Waals surface area contributed by atoms with Crippen LogP contribution < -0.4 is 4.90 Å². The predicted molar refractivity (Wildman–Crippen MR) is 107 cm³/mol. The van der Waals surface area contributed by atoms with Gasteiger partial charge in [-0.15, -0.1) is 0 Å². The van der Waals surface area contributed by atoms with Gasteiger partial charge in [-0.1, -0.05) is 18.2 Å². The number of rotatable bonds is 3. The maximum absolute atomic E-state index is 12.7. The minimum Gasteiger partial charge on any atom is -0.358 e. The number of nitrogens with zero attached hydrogens (tertiary/aromatic N) is 3. The van der Waals surface area contributed by atoms with Crippen LogP contribution in [0.15, 0.2) is 42.5 Å². The third-order valence-corrected chi connectivity index (χ3v) is 5.43. The molecule has 0 saturated carbocycles. The first-order chi connectivity index (χ1) is 13.1. The van der Waals surface area contributed by atoms with Gasteiger partial charge in [0.15, 0.2) is 0 Å². The van der Waals surface area contributed by atoms with Gasteiger partial charge in [0.2, 0.25) is 5.91 Å².